The lowest BCUT2D eigenvalue weighted by Crippen LogP contribution is -2.26. The largest absolute Gasteiger partial charge is 0.388 e. The second-order valence-electron chi connectivity index (χ2n) is 5.11. The van der Waals surface area contributed by atoms with E-state index in [9.17, 15) is 9.90 Å². The number of hydrogen-bond donors (Lipinski definition) is 2. The molecule has 0 saturated heterocycles. The van der Waals surface area contributed by atoms with Crippen LogP contribution in [0.5, 0.6) is 0 Å². The summed E-state index contributed by atoms with van der Waals surface area (Å²) in [6, 6.07) is 9.23. The summed E-state index contributed by atoms with van der Waals surface area (Å²) in [5.41, 5.74) is 1.93. The molecule has 2 N–H and O–H groups in total. The van der Waals surface area contributed by atoms with Crippen LogP contribution in [-0.2, 0) is 18.3 Å². The molecule has 1 atom stereocenters. The van der Waals surface area contributed by atoms with Crippen molar-refractivity contribution in [1.82, 2.24) is 15.1 Å². The third kappa shape index (κ3) is 5.04. The van der Waals surface area contributed by atoms with Gasteiger partial charge in [0.05, 0.1) is 18.7 Å². The van der Waals surface area contributed by atoms with E-state index in [4.69, 9.17) is 0 Å². The van der Waals surface area contributed by atoms with E-state index in [2.05, 4.69) is 10.4 Å². The number of aryl methyl sites for hydroxylation is 2. The summed E-state index contributed by atoms with van der Waals surface area (Å²) in [6.07, 6.45) is 4.90. The van der Waals surface area contributed by atoms with Crippen LogP contribution in [0.1, 0.15) is 30.1 Å². The molecule has 2 aromatic rings. The van der Waals surface area contributed by atoms with Crippen molar-refractivity contribution in [3.05, 3.63) is 53.9 Å². The van der Waals surface area contributed by atoms with Crippen LogP contribution < -0.4 is 5.32 Å². The zero-order valence-corrected chi connectivity index (χ0v) is 12.2. The fraction of sp³-hybridized carbons (Fsp3) is 0.375. The summed E-state index contributed by atoms with van der Waals surface area (Å²) in [5, 5.41) is 16.9. The quantitative estimate of drug-likeness (QED) is 0.760. The number of nitrogens with zero attached hydrogens (tertiary/aromatic N) is 2. The van der Waals surface area contributed by atoms with Crippen molar-refractivity contribution in [3.8, 4) is 0 Å². The smallest absolute Gasteiger partial charge is 0.222 e. The highest BCUT2D eigenvalue weighted by molar-refractivity contribution is 5.76. The number of aliphatic hydroxyl groups is 1. The first kappa shape index (κ1) is 15.3. The van der Waals surface area contributed by atoms with Crippen LogP contribution in [0.4, 0.5) is 0 Å². The summed E-state index contributed by atoms with van der Waals surface area (Å²) in [6.45, 7) is 0.606. The lowest BCUT2D eigenvalue weighted by Gasteiger charge is -2.11. The van der Waals surface area contributed by atoms with Gasteiger partial charge in [-0.3, -0.25) is 9.48 Å². The summed E-state index contributed by atoms with van der Waals surface area (Å²) in [5.74, 6) is -0.127. The van der Waals surface area contributed by atoms with Crippen molar-refractivity contribution in [1.29, 1.82) is 0 Å². The zero-order chi connectivity index (χ0) is 15.1. The number of carbonyl (C=O) groups excluding carboxylic acids is 1. The molecule has 0 aliphatic rings. The van der Waals surface area contributed by atoms with E-state index < -0.39 is 6.10 Å². The first-order valence-corrected chi connectivity index (χ1v) is 7.12. The maximum absolute atomic E-state index is 11.8. The van der Waals surface area contributed by atoms with Crippen molar-refractivity contribution in [2.75, 3.05) is 6.54 Å². The highest BCUT2D eigenvalue weighted by Crippen LogP contribution is 2.15. The fourth-order valence-corrected chi connectivity index (χ4v) is 2.16. The van der Waals surface area contributed by atoms with Crippen LogP contribution in [0.3, 0.4) is 0 Å². The highest BCUT2D eigenvalue weighted by atomic mass is 16.3. The second kappa shape index (κ2) is 7.59. The van der Waals surface area contributed by atoms with Gasteiger partial charge in [0.15, 0.2) is 0 Å². The molecule has 0 aliphatic heterocycles. The van der Waals surface area contributed by atoms with Gasteiger partial charge in [-0.2, -0.15) is 5.10 Å². The summed E-state index contributed by atoms with van der Waals surface area (Å²) in [7, 11) is 1.89. The monoisotopic (exact) mass is 287 g/mol. The average Bonchev–Trinajstić information content (AvgIpc) is 2.90. The summed E-state index contributed by atoms with van der Waals surface area (Å²) < 4.78 is 1.77. The predicted octanol–water partition coefficient (Wildman–Crippen LogP) is 1.59. The molecule has 1 heterocycles. The molecule has 0 radical (unpaired) electrons. The molecular weight excluding hydrogens is 266 g/mol. The number of aromatic nitrogens is 2. The maximum atomic E-state index is 11.8. The maximum Gasteiger partial charge on any atom is 0.222 e. The normalized spacial score (nSPS) is 12.1. The molecule has 0 saturated carbocycles. The Kier molecular flexibility index (Phi) is 5.51. The number of amides is 1. The van der Waals surface area contributed by atoms with Gasteiger partial charge in [-0.1, -0.05) is 30.3 Å². The molecule has 2 rings (SSSR count). The Hall–Kier alpha value is -2.14. The van der Waals surface area contributed by atoms with E-state index in [0.717, 1.165) is 24.0 Å². The first-order chi connectivity index (χ1) is 10.1. The Bertz CT molecular complexity index is 566. The van der Waals surface area contributed by atoms with Gasteiger partial charge in [0, 0.05) is 19.8 Å². The minimum Gasteiger partial charge on any atom is -0.388 e. The van der Waals surface area contributed by atoms with Crippen molar-refractivity contribution < 1.29 is 9.90 Å². The second-order valence-corrected chi connectivity index (χ2v) is 5.11. The number of nitrogens with one attached hydrogen (secondary N) is 1. The molecule has 5 nitrogen and oxygen atoms in total. The van der Waals surface area contributed by atoms with E-state index in [1.54, 1.807) is 4.68 Å². The number of carbonyl (C=O) groups is 1. The van der Waals surface area contributed by atoms with Crippen molar-refractivity contribution in [2.45, 2.75) is 25.4 Å². The predicted molar refractivity (Wildman–Crippen MR) is 80.6 cm³/mol. The van der Waals surface area contributed by atoms with E-state index in [1.807, 2.05) is 49.8 Å². The first-order valence-electron chi connectivity index (χ1n) is 7.12. The zero-order valence-electron chi connectivity index (χ0n) is 12.2. The van der Waals surface area contributed by atoms with E-state index in [-0.39, 0.29) is 12.3 Å². The Labute approximate surface area is 124 Å². The third-order valence-corrected chi connectivity index (χ3v) is 3.29. The number of aliphatic hydroxyl groups excluding tert-OH is 1. The number of benzene rings is 1. The van der Waals surface area contributed by atoms with Gasteiger partial charge in [-0.05, 0) is 24.0 Å². The molecule has 1 unspecified atom stereocenters. The Morgan fingerprint density at radius 3 is 2.81 bits per heavy atom. The SMILES string of the molecule is Cn1cc(CCCNC(=O)CC(O)c2ccccc2)cn1. The minimum atomic E-state index is -0.746. The van der Waals surface area contributed by atoms with Gasteiger partial charge in [0.2, 0.25) is 5.91 Å². The van der Waals surface area contributed by atoms with Crippen LogP contribution in [0, 0.1) is 0 Å². The molecule has 112 valence electrons. The van der Waals surface area contributed by atoms with Gasteiger partial charge in [-0.25, -0.2) is 0 Å². The van der Waals surface area contributed by atoms with Gasteiger partial charge in [0.1, 0.15) is 0 Å². The molecule has 21 heavy (non-hydrogen) atoms. The van der Waals surface area contributed by atoms with Crippen molar-refractivity contribution >= 4 is 5.91 Å². The lowest BCUT2D eigenvalue weighted by atomic mass is 10.1. The molecular formula is C16H21N3O2. The third-order valence-electron chi connectivity index (χ3n) is 3.29. The van der Waals surface area contributed by atoms with Crippen LogP contribution in [0.15, 0.2) is 42.7 Å². The van der Waals surface area contributed by atoms with Crippen LogP contribution in [0.25, 0.3) is 0 Å². The van der Waals surface area contributed by atoms with Crippen molar-refractivity contribution in [3.63, 3.8) is 0 Å². The number of hydrogen-bond acceptors (Lipinski definition) is 3. The van der Waals surface area contributed by atoms with Gasteiger partial charge in [0.25, 0.3) is 0 Å². The van der Waals surface area contributed by atoms with E-state index >= 15 is 0 Å². The standard InChI is InChI=1S/C16H21N3O2/c1-19-12-13(11-18-19)6-5-9-17-16(21)10-15(20)14-7-3-2-4-8-14/h2-4,7-8,11-12,15,20H,5-6,9-10H2,1H3,(H,17,21). The average molecular weight is 287 g/mol. The van der Waals surface area contributed by atoms with Gasteiger partial charge >= 0.3 is 0 Å². The Morgan fingerprint density at radius 1 is 1.38 bits per heavy atom. The van der Waals surface area contributed by atoms with E-state index in [0.29, 0.717) is 6.54 Å². The van der Waals surface area contributed by atoms with Crippen LogP contribution >= 0.6 is 0 Å². The molecule has 1 aromatic heterocycles. The lowest BCUT2D eigenvalue weighted by molar-refractivity contribution is -0.123. The van der Waals surface area contributed by atoms with Gasteiger partial charge < -0.3 is 10.4 Å². The van der Waals surface area contributed by atoms with Crippen LogP contribution in [-0.4, -0.2) is 27.3 Å². The Balaban J connectivity index is 1.65. The molecule has 1 amide bonds. The minimum absolute atomic E-state index is 0.0942. The fourth-order valence-electron chi connectivity index (χ4n) is 2.16. The summed E-state index contributed by atoms with van der Waals surface area (Å²) in [4.78, 5) is 11.8. The van der Waals surface area contributed by atoms with Crippen LogP contribution in [0.2, 0.25) is 0 Å². The molecule has 0 bridgehead atoms. The molecule has 0 spiro atoms. The topological polar surface area (TPSA) is 67.2 Å². The Morgan fingerprint density at radius 2 is 2.14 bits per heavy atom. The summed E-state index contributed by atoms with van der Waals surface area (Å²) >= 11 is 0. The molecule has 0 aliphatic carbocycles. The molecule has 5 heteroatoms. The van der Waals surface area contributed by atoms with E-state index in [1.165, 1.54) is 0 Å². The molecule has 0 fully saturated rings. The van der Waals surface area contributed by atoms with Crippen molar-refractivity contribution in [2.24, 2.45) is 7.05 Å². The number of rotatable bonds is 7. The molecule has 1 aromatic carbocycles. The van der Waals surface area contributed by atoms with Gasteiger partial charge in [-0.15, -0.1) is 0 Å². The highest BCUT2D eigenvalue weighted by Gasteiger charge is 2.12.